The molecule has 0 amide bonds. The zero-order chi connectivity index (χ0) is 14.1. The number of carbonyl (C=O) groups is 1. The van der Waals surface area contributed by atoms with Crippen LogP contribution in [0, 0.1) is 0 Å². The maximum absolute atomic E-state index is 11.5. The van der Waals surface area contributed by atoms with Gasteiger partial charge in [0, 0.05) is 12.1 Å². The first-order valence-electron chi connectivity index (χ1n) is 6.03. The highest BCUT2D eigenvalue weighted by Crippen LogP contribution is 2.09. The Hall–Kier alpha value is -2.36. The van der Waals surface area contributed by atoms with Gasteiger partial charge >= 0.3 is 5.97 Å². The van der Waals surface area contributed by atoms with E-state index in [4.69, 9.17) is 4.74 Å². The summed E-state index contributed by atoms with van der Waals surface area (Å²) in [5.41, 5.74) is 2.14. The van der Waals surface area contributed by atoms with E-state index in [2.05, 4.69) is 23.4 Å². The Morgan fingerprint density at radius 2 is 2.26 bits per heavy atom. The van der Waals surface area contributed by atoms with Gasteiger partial charge in [0.15, 0.2) is 5.69 Å². The van der Waals surface area contributed by atoms with Crippen LogP contribution in [-0.2, 0) is 11.2 Å². The van der Waals surface area contributed by atoms with Crippen molar-refractivity contribution in [3.05, 3.63) is 66.6 Å². The fourth-order valence-corrected chi connectivity index (χ4v) is 1.44. The normalized spacial score (nSPS) is 11.5. The number of rotatable bonds is 7. The number of hydrogen-bond acceptors (Lipinski definition) is 3. The van der Waals surface area contributed by atoms with Crippen LogP contribution in [0.5, 0.6) is 0 Å². The molecule has 19 heavy (non-hydrogen) atoms. The van der Waals surface area contributed by atoms with Crippen molar-refractivity contribution in [3.63, 3.8) is 0 Å². The van der Waals surface area contributed by atoms with Gasteiger partial charge in [0.2, 0.25) is 0 Å². The van der Waals surface area contributed by atoms with Crippen LogP contribution in [0.25, 0.3) is 0 Å². The van der Waals surface area contributed by atoms with Crippen molar-refractivity contribution >= 4 is 5.97 Å². The second-order valence-corrected chi connectivity index (χ2v) is 3.74. The van der Waals surface area contributed by atoms with Gasteiger partial charge in [0.25, 0.3) is 0 Å². The molecule has 1 aromatic rings. The van der Waals surface area contributed by atoms with Crippen molar-refractivity contribution in [3.8, 4) is 0 Å². The van der Waals surface area contributed by atoms with Gasteiger partial charge in [0.05, 0.1) is 6.61 Å². The number of aromatic nitrogens is 2. The first-order valence-corrected chi connectivity index (χ1v) is 6.03. The van der Waals surface area contributed by atoms with E-state index in [1.807, 2.05) is 18.2 Å². The maximum atomic E-state index is 11.5. The van der Waals surface area contributed by atoms with Gasteiger partial charge < -0.3 is 4.74 Å². The molecule has 4 heteroatoms. The Bertz CT molecular complexity index is 510. The summed E-state index contributed by atoms with van der Waals surface area (Å²) in [6.07, 6.45) is 9.73. The molecule has 0 aliphatic heterocycles. The van der Waals surface area contributed by atoms with Crippen LogP contribution in [0.3, 0.4) is 0 Å². The minimum atomic E-state index is -0.416. The molecule has 0 radical (unpaired) electrons. The van der Waals surface area contributed by atoms with Gasteiger partial charge in [-0.05, 0) is 18.6 Å². The number of nitrogens with zero attached hydrogens (tertiary/aromatic N) is 1. The number of ether oxygens (including phenoxy) is 1. The lowest BCUT2D eigenvalue weighted by atomic mass is 10.1. The van der Waals surface area contributed by atoms with E-state index in [0.717, 1.165) is 11.3 Å². The summed E-state index contributed by atoms with van der Waals surface area (Å²) in [7, 11) is 0. The van der Waals surface area contributed by atoms with E-state index in [-0.39, 0.29) is 0 Å². The van der Waals surface area contributed by atoms with Crippen molar-refractivity contribution in [2.45, 2.75) is 13.3 Å². The Kier molecular flexibility index (Phi) is 6.09. The predicted molar refractivity (Wildman–Crippen MR) is 75.9 cm³/mol. The molecule has 1 heterocycles. The number of esters is 1. The molecule has 0 aromatic carbocycles. The van der Waals surface area contributed by atoms with Gasteiger partial charge in [-0.25, -0.2) is 4.79 Å². The predicted octanol–water partition coefficient (Wildman–Crippen LogP) is 2.98. The Morgan fingerprint density at radius 1 is 1.47 bits per heavy atom. The van der Waals surface area contributed by atoms with E-state index in [1.165, 1.54) is 0 Å². The second kappa shape index (κ2) is 7.87. The highest BCUT2D eigenvalue weighted by Gasteiger charge is 2.11. The van der Waals surface area contributed by atoms with Gasteiger partial charge in [-0.3, -0.25) is 5.10 Å². The summed E-state index contributed by atoms with van der Waals surface area (Å²) in [5, 5.41) is 6.74. The Morgan fingerprint density at radius 3 is 2.89 bits per heavy atom. The third-order valence-corrected chi connectivity index (χ3v) is 2.33. The van der Waals surface area contributed by atoms with E-state index < -0.39 is 5.97 Å². The molecule has 0 spiro atoms. The van der Waals surface area contributed by atoms with Gasteiger partial charge in [0.1, 0.15) is 0 Å². The fraction of sp³-hybridized carbons (Fsp3) is 0.200. The van der Waals surface area contributed by atoms with Crippen LogP contribution in [0.1, 0.15) is 23.1 Å². The summed E-state index contributed by atoms with van der Waals surface area (Å²) in [6, 6.07) is 1.69. The third-order valence-electron chi connectivity index (χ3n) is 2.33. The smallest absolute Gasteiger partial charge is 0.358 e. The molecule has 0 unspecified atom stereocenters. The van der Waals surface area contributed by atoms with Gasteiger partial charge in [-0.1, -0.05) is 43.5 Å². The average Bonchev–Trinajstić information content (AvgIpc) is 2.86. The summed E-state index contributed by atoms with van der Waals surface area (Å²) in [6.45, 7) is 9.45. The zero-order valence-electron chi connectivity index (χ0n) is 11.1. The number of aromatic amines is 1. The molecule has 1 rings (SSSR count). The van der Waals surface area contributed by atoms with Crippen molar-refractivity contribution in [1.29, 1.82) is 0 Å². The average molecular weight is 258 g/mol. The quantitative estimate of drug-likeness (QED) is 0.604. The van der Waals surface area contributed by atoms with Crippen molar-refractivity contribution < 1.29 is 9.53 Å². The van der Waals surface area contributed by atoms with Crippen LogP contribution in [0.4, 0.5) is 0 Å². The molecule has 0 saturated carbocycles. The first-order chi connectivity index (χ1) is 9.21. The van der Waals surface area contributed by atoms with E-state index >= 15 is 0 Å². The van der Waals surface area contributed by atoms with Crippen molar-refractivity contribution in [1.82, 2.24) is 10.2 Å². The Labute approximate surface area is 113 Å². The minimum Gasteiger partial charge on any atom is -0.461 e. The van der Waals surface area contributed by atoms with Crippen LogP contribution in [-0.4, -0.2) is 22.8 Å². The largest absolute Gasteiger partial charge is 0.461 e. The fourth-order valence-electron chi connectivity index (χ4n) is 1.44. The molecule has 0 saturated heterocycles. The minimum absolute atomic E-state index is 0.293. The molecular weight excluding hydrogens is 240 g/mol. The van der Waals surface area contributed by atoms with E-state index in [1.54, 1.807) is 25.1 Å². The molecule has 100 valence electrons. The molecule has 0 aliphatic carbocycles. The third kappa shape index (κ3) is 4.79. The monoisotopic (exact) mass is 258 g/mol. The lowest BCUT2D eigenvalue weighted by molar-refractivity contribution is 0.0519. The molecule has 0 atom stereocenters. The topological polar surface area (TPSA) is 55.0 Å². The molecule has 0 fully saturated rings. The van der Waals surface area contributed by atoms with Gasteiger partial charge in [-0.15, -0.1) is 0 Å². The molecule has 1 N–H and O–H groups in total. The molecule has 0 aliphatic rings. The number of nitrogens with one attached hydrogen (secondary N) is 1. The summed E-state index contributed by atoms with van der Waals surface area (Å²) >= 11 is 0. The molecule has 0 bridgehead atoms. The lowest BCUT2D eigenvalue weighted by Crippen LogP contribution is -2.04. The van der Waals surface area contributed by atoms with Crippen LogP contribution < -0.4 is 0 Å². The number of allylic oxidation sites excluding steroid dienone is 6. The summed E-state index contributed by atoms with van der Waals surface area (Å²) in [5.74, 6) is -0.416. The van der Waals surface area contributed by atoms with Crippen LogP contribution in [0.15, 0.2) is 55.2 Å². The highest BCUT2D eigenvalue weighted by atomic mass is 16.5. The highest BCUT2D eigenvalue weighted by molar-refractivity contribution is 5.87. The second-order valence-electron chi connectivity index (χ2n) is 3.74. The molecule has 1 aromatic heterocycles. The summed E-state index contributed by atoms with van der Waals surface area (Å²) < 4.78 is 4.87. The number of hydrogen-bond donors (Lipinski definition) is 1. The van der Waals surface area contributed by atoms with Crippen LogP contribution >= 0.6 is 0 Å². The maximum Gasteiger partial charge on any atom is 0.358 e. The Balaban J connectivity index is 2.73. The zero-order valence-corrected chi connectivity index (χ0v) is 11.1. The first kappa shape index (κ1) is 14.7. The summed E-state index contributed by atoms with van der Waals surface area (Å²) in [4.78, 5) is 11.5. The molecule has 4 nitrogen and oxygen atoms in total. The number of carbonyl (C=O) groups excluding carboxylic acids is 1. The SMILES string of the molecule is C=C/C=C\C=C(/C=C)Cc1cc(C(=O)OCC)n[nH]1. The standard InChI is InChI=1S/C15H18N2O2/c1-4-7-8-9-12(5-2)10-13-11-14(17-16-13)15(18)19-6-3/h4-5,7-9,11H,1-2,6,10H2,3H3,(H,16,17)/b8-7-,12-9+. The van der Waals surface area contributed by atoms with Crippen molar-refractivity contribution in [2.24, 2.45) is 0 Å². The van der Waals surface area contributed by atoms with Gasteiger partial charge in [-0.2, -0.15) is 5.10 Å². The van der Waals surface area contributed by atoms with E-state index in [0.29, 0.717) is 18.7 Å². The van der Waals surface area contributed by atoms with Crippen molar-refractivity contribution in [2.75, 3.05) is 6.61 Å². The molecular formula is C15H18N2O2. The number of H-pyrrole nitrogens is 1. The lowest BCUT2D eigenvalue weighted by Gasteiger charge is -1.97. The van der Waals surface area contributed by atoms with Crippen LogP contribution in [0.2, 0.25) is 0 Å². The van der Waals surface area contributed by atoms with E-state index in [9.17, 15) is 4.79 Å².